The predicted octanol–water partition coefficient (Wildman–Crippen LogP) is 3.64. The van der Waals surface area contributed by atoms with Crippen molar-refractivity contribution in [3.8, 4) is 0 Å². The van der Waals surface area contributed by atoms with E-state index in [0.717, 1.165) is 51.4 Å². The lowest BCUT2D eigenvalue weighted by atomic mass is 10.1. The maximum absolute atomic E-state index is 10.8. The summed E-state index contributed by atoms with van der Waals surface area (Å²) in [5.74, 6) is 7.85. The Bertz CT molecular complexity index is 805. The Kier molecular flexibility index (Phi) is 19.5. The number of carboxylic acids is 2. The maximum atomic E-state index is 10.8. The molecule has 2 amide bonds. The fourth-order valence-electron chi connectivity index (χ4n) is 2.96. The lowest BCUT2D eigenvalue weighted by Crippen LogP contribution is -2.29. The second kappa shape index (κ2) is 21.8. The van der Waals surface area contributed by atoms with Gasteiger partial charge in [0.05, 0.1) is 0 Å². The second-order valence-electron chi connectivity index (χ2n) is 7.79. The number of amides is 2. The molecule has 0 bridgehead atoms. The first-order valence-electron chi connectivity index (χ1n) is 11.9. The molecular formula is C26H38N4O6. The van der Waals surface area contributed by atoms with Crippen molar-refractivity contribution in [1.82, 2.24) is 10.9 Å². The summed E-state index contributed by atoms with van der Waals surface area (Å²) < 4.78 is 0. The highest BCUT2D eigenvalue weighted by molar-refractivity contribution is 5.94. The molecule has 198 valence electrons. The van der Waals surface area contributed by atoms with Gasteiger partial charge in [-0.15, -0.1) is 0 Å². The van der Waals surface area contributed by atoms with E-state index >= 15 is 0 Å². The first kappa shape index (κ1) is 32.2. The Morgan fingerprint density at radius 1 is 0.528 bits per heavy atom. The zero-order chi connectivity index (χ0) is 27.0. The third kappa shape index (κ3) is 18.6. The van der Waals surface area contributed by atoms with Crippen LogP contribution in [0, 0.1) is 0 Å². The van der Waals surface area contributed by atoms with Crippen LogP contribution in [0.5, 0.6) is 0 Å². The normalized spacial score (nSPS) is 9.50. The number of rotatable bonds is 13. The van der Waals surface area contributed by atoms with Crippen molar-refractivity contribution >= 4 is 23.8 Å². The van der Waals surface area contributed by atoms with Crippen LogP contribution in [0.15, 0.2) is 60.7 Å². The monoisotopic (exact) mass is 502 g/mol. The minimum absolute atomic E-state index is 0.263. The second-order valence-corrected chi connectivity index (χ2v) is 7.79. The van der Waals surface area contributed by atoms with E-state index in [1.54, 1.807) is 48.5 Å². The van der Waals surface area contributed by atoms with Crippen molar-refractivity contribution in [1.29, 1.82) is 0 Å². The molecule has 0 aliphatic carbocycles. The largest absolute Gasteiger partial charge is 0.481 e. The number of carbonyl (C=O) groups excluding carboxylic acids is 2. The molecule has 0 atom stereocenters. The fraction of sp³-hybridized carbons (Fsp3) is 0.385. The highest BCUT2D eigenvalue weighted by Gasteiger charge is 2.00. The van der Waals surface area contributed by atoms with Crippen molar-refractivity contribution in [3.05, 3.63) is 71.8 Å². The number of unbranched alkanes of at least 4 members (excludes halogenated alkanes) is 7. The van der Waals surface area contributed by atoms with E-state index in [-0.39, 0.29) is 24.7 Å². The number of nitrogens with two attached hydrogens (primary N) is 2. The Hall–Kier alpha value is -3.76. The van der Waals surface area contributed by atoms with E-state index in [0.29, 0.717) is 11.1 Å². The van der Waals surface area contributed by atoms with Crippen LogP contribution in [0.1, 0.15) is 84.9 Å². The van der Waals surface area contributed by atoms with Crippen molar-refractivity contribution in [2.24, 2.45) is 11.7 Å². The summed E-state index contributed by atoms with van der Waals surface area (Å²) in [4.78, 5) is 42.0. The van der Waals surface area contributed by atoms with Gasteiger partial charge in [-0.1, -0.05) is 74.9 Å². The molecule has 0 radical (unpaired) electrons. The van der Waals surface area contributed by atoms with Crippen molar-refractivity contribution in [2.75, 3.05) is 0 Å². The molecule has 2 rings (SSSR count). The number of nitrogens with one attached hydrogen (secondary N) is 2. The summed E-state index contributed by atoms with van der Waals surface area (Å²) in [6, 6.07) is 17.6. The average Bonchev–Trinajstić information content (AvgIpc) is 2.90. The van der Waals surface area contributed by atoms with Crippen molar-refractivity contribution < 1.29 is 29.4 Å². The molecule has 10 nitrogen and oxygen atoms in total. The molecule has 0 saturated carbocycles. The smallest absolute Gasteiger partial charge is 0.303 e. The van der Waals surface area contributed by atoms with Crippen LogP contribution in [0.2, 0.25) is 0 Å². The highest BCUT2D eigenvalue weighted by Crippen LogP contribution is 2.10. The van der Waals surface area contributed by atoms with Gasteiger partial charge in [-0.25, -0.2) is 11.7 Å². The van der Waals surface area contributed by atoms with E-state index in [9.17, 15) is 19.2 Å². The van der Waals surface area contributed by atoms with Gasteiger partial charge >= 0.3 is 11.9 Å². The lowest BCUT2D eigenvalue weighted by Gasteiger charge is -2.00. The lowest BCUT2D eigenvalue weighted by molar-refractivity contribution is -0.138. The van der Waals surface area contributed by atoms with Crippen LogP contribution in [0.25, 0.3) is 0 Å². The Balaban J connectivity index is 0.000000532. The standard InChI is InChI=1S/C12H22O4.2C7H8N2O/c13-11(14)9-7-5-3-1-2-4-6-8-10-12(15)16;2*8-9-7(10)6-4-2-1-3-5-6/h1-10H2,(H,13,14)(H,15,16);2*1-5H,8H2,(H,9,10). The third-order valence-corrected chi connectivity index (χ3v) is 4.87. The molecule has 36 heavy (non-hydrogen) atoms. The maximum Gasteiger partial charge on any atom is 0.303 e. The number of hydrazine groups is 2. The summed E-state index contributed by atoms with van der Waals surface area (Å²) in [6.45, 7) is 0. The molecule has 2 aromatic rings. The SMILES string of the molecule is NNC(=O)c1ccccc1.NNC(=O)c1ccccc1.O=C(O)CCCCCCCCCCC(=O)O. The molecule has 0 spiro atoms. The van der Waals surface area contributed by atoms with Gasteiger partial charge < -0.3 is 10.2 Å². The van der Waals surface area contributed by atoms with Gasteiger partial charge in [0.15, 0.2) is 0 Å². The summed E-state index contributed by atoms with van der Waals surface area (Å²) in [6.07, 6.45) is 8.51. The molecule has 2 aromatic carbocycles. The van der Waals surface area contributed by atoms with Gasteiger partial charge in [-0.05, 0) is 37.1 Å². The van der Waals surface area contributed by atoms with Crippen LogP contribution < -0.4 is 22.5 Å². The van der Waals surface area contributed by atoms with E-state index in [1.165, 1.54) is 0 Å². The quantitative estimate of drug-likeness (QED) is 0.104. The van der Waals surface area contributed by atoms with Crippen LogP contribution in [-0.2, 0) is 9.59 Å². The summed E-state index contributed by atoms with van der Waals surface area (Å²) >= 11 is 0. The third-order valence-electron chi connectivity index (χ3n) is 4.87. The first-order valence-corrected chi connectivity index (χ1v) is 11.9. The predicted molar refractivity (Wildman–Crippen MR) is 138 cm³/mol. The molecule has 0 heterocycles. The molecule has 0 aliphatic rings. The van der Waals surface area contributed by atoms with E-state index in [1.807, 2.05) is 23.0 Å². The minimum Gasteiger partial charge on any atom is -0.481 e. The Morgan fingerprint density at radius 3 is 1.06 bits per heavy atom. The number of benzene rings is 2. The van der Waals surface area contributed by atoms with E-state index in [2.05, 4.69) is 0 Å². The van der Waals surface area contributed by atoms with Crippen LogP contribution in [-0.4, -0.2) is 34.0 Å². The molecule has 8 N–H and O–H groups in total. The summed E-state index contributed by atoms with van der Waals surface area (Å²) in [5.41, 5.74) is 5.23. The summed E-state index contributed by atoms with van der Waals surface area (Å²) in [5, 5.41) is 16.8. The van der Waals surface area contributed by atoms with Gasteiger partial charge in [-0.3, -0.25) is 30.0 Å². The van der Waals surface area contributed by atoms with Gasteiger partial charge in [0, 0.05) is 24.0 Å². The van der Waals surface area contributed by atoms with Crippen LogP contribution in [0.4, 0.5) is 0 Å². The number of carbonyl (C=O) groups is 4. The molecular weight excluding hydrogens is 464 g/mol. The topological polar surface area (TPSA) is 185 Å². The van der Waals surface area contributed by atoms with Crippen LogP contribution >= 0.6 is 0 Å². The molecule has 0 aliphatic heterocycles. The molecule has 10 heteroatoms. The first-order chi connectivity index (χ1) is 17.3. The van der Waals surface area contributed by atoms with Gasteiger partial charge in [0.2, 0.25) is 0 Å². The number of hydrogen-bond donors (Lipinski definition) is 6. The number of carboxylic acid groups (broad SMARTS) is 2. The highest BCUT2D eigenvalue weighted by atomic mass is 16.4. The Morgan fingerprint density at radius 2 is 0.806 bits per heavy atom. The number of nitrogen functional groups attached to an aromatic ring is 2. The van der Waals surface area contributed by atoms with Crippen molar-refractivity contribution in [2.45, 2.75) is 64.2 Å². The van der Waals surface area contributed by atoms with Crippen LogP contribution in [0.3, 0.4) is 0 Å². The zero-order valence-electron chi connectivity index (χ0n) is 20.5. The van der Waals surface area contributed by atoms with E-state index in [4.69, 9.17) is 21.9 Å². The Labute approximate surface area is 212 Å². The van der Waals surface area contributed by atoms with Crippen molar-refractivity contribution in [3.63, 3.8) is 0 Å². The van der Waals surface area contributed by atoms with Gasteiger partial charge in [0.25, 0.3) is 11.8 Å². The van der Waals surface area contributed by atoms with Gasteiger partial charge in [0.1, 0.15) is 0 Å². The molecule has 0 aromatic heterocycles. The number of hydrogen-bond acceptors (Lipinski definition) is 6. The minimum atomic E-state index is -0.714. The number of aliphatic carboxylic acids is 2. The fourth-order valence-corrected chi connectivity index (χ4v) is 2.96. The average molecular weight is 503 g/mol. The van der Waals surface area contributed by atoms with E-state index < -0.39 is 11.9 Å². The summed E-state index contributed by atoms with van der Waals surface area (Å²) in [7, 11) is 0. The van der Waals surface area contributed by atoms with Gasteiger partial charge in [-0.2, -0.15) is 0 Å². The zero-order valence-corrected chi connectivity index (χ0v) is 20.5. The molecule has 0 saturated heterocycles. The molecule has 0 fully saturated rings. The molecule has 0 unspecified atom stereocenters.